The molecule has 1 N–H and O–H groups in total. The number of hydrogen-bond acceptors (Lipinski definition) is 4. The quantitative estimate of drug-likeness (QED) is 0.460. The number of rotatable bonds is 6. The first-order valence-corrected chi connectivity index (χ1v) is 11.2. The largest absolute Gasteiger partial charge is 0.479 e. The second-order valence-electron chi connectivity index (χ2n) is 8.22. The van der Waals surface area contributed by atoms with Gasteiger partial charge in [0.05, 0.1) is 17.1 Å². The summed E-state index contributed by atoms with van der Waals surface area (Å²) in [5.74, 6) is -0.367. The molecular formula is C27H23FN4O3. The molecular weight excluding hydrogens is 447 g/mol. The van der Waals surface area contributed by atoms with Gasteiger partial charge >= 0.3 is 0 Å². The van der Waals surface area contributed by atoms with Crippen molar-refractivity contribution in [1.29, 1.82) is 0 Å². The second kappa shape index (κ2) is 9.42. The van der Waals surface area contributed by atoms with E-state index in [-0.39, 0.29) is 30.7 Å². The Bertz CT molecular complexity index is 1370. The van der Waals surface area contributed by atoms with Crippen molar-refractivity contribution in [2.24, 2.45) is 0 Å². The van der Waals surface area contributed by atoms with E-state index in [9.17, 15) is 14.0 Å². The molecule has 2 heterocycles. The number of carbonyl (C=O) groups is 2. The molecule has 35 heavy (non-hydrogen) atoms. The van der Waals surface area contributed by atoms with Crippen molar-refractivity contribution in [3.05, 3.63) is 96.4 Å². The fraction of sp³-hybridized carbons (Fsp3) is 0.148. The Balaban J connectivity index is 1.37. The van der Waals surface area contributed by atoms with E-state index in [1.807, 2.05) is 42.6 Å². The lowest BCUT2D eigenvalue weighted by Crippen LogP contribution is -2.48. The molecule has 3 aromatic carbocycles. The van der Waals surface area contributed by atoms with Gasteiger partial charge in [-0.25, -0.2) is 9.07 Å². The van der Waals surface area contributed by atoms with E-state index in [0.717, 1.165) is 16.8 Å². The summed E-state index contributed by atoms with van der Waals surface area (Å²) >= 11 is 0. The first-order valence-electron chi connectivity index (χ1n) is 11.2. The van der Waals surface area contributed by atoms with Crippen LogP contribution in [-0.2, 0) is 16.1 Å². The molecule has 8 heteroatoms. The van der Waals surface area contributed by atoms with E-state index >= 15 is 0 Å². The molecule has 1 aliphatic heterocycles. The van der Waals surface area contributed by atoms with E-state index in [1.54, 1.807) is 41.9 Å². The normalized spacial score (nSPS) is 14.9. The van der Waals surface area contributed by atoms with Gasteiger partial charge in [-0.2, -0.15) is 5.10 Å². The van der Waals surface area contributed by atoms with Gasteiger partial charge in [-0.05, 0) is 55.5 Å². The maximum absolute atomic E-state index is 13.5. The summed E-state index contributed by atoms with van der Waals surface area (Å²) in [5.41, 5.74) is 3.55. The standard InChI is InChI=1S/C27H23FN4O3/c1-18-27(34)31(23-9-5-6-10-24(23)35-18)17-25(33)29-15-20-16-32(22-7-3-2-4-8-22)30-26(20)19-11-13-21(28)14-12-19/h2-14,16,18H,15,17H2,1H3,(H,29,33). The molecule has 5 rings (SSSR count). The molecule has 0 radical (unpaired) electrons. The highest BCUT2D eigenvalue weighted by atomic mass is 19.1. The zero-order chi connectivity index (χ0) is 24.4. The van der Waals surface area contributed by atoms with Gasteiger partial charge in [0.2, 0.25) is 5.91 Å². The van der Waals surface area contributed by atoms with E-state index in [2.05, 4.69) is 10.4 Å². The molecule has 176 valence electrons. The zero-order valence-electron chi connectivity index (χ0n) is 19.0. The Morgan fingerprint density at radius 3 is 2.51 bits per heavy atom. The molecule has 0 saturated heterocycles. The van der Waals surface area contributed by atoms with Crippen molar-refractivity contribution < 1.29 is 18.7 Å². The van der Waals surface area contributed by atoms with Gasteiger partial charge in [0, 0.05) is 23.9 Å². The van der Waals surface area contributed by atoms with Crippen molar-refractivity contribution in [1.82, 2.24) is 15.1 Å². The molecule has 0 bridgehead atoms. The van der Waals surface area contributed by atoms with Gasteiger partial charge in [-0.1, -0.05) is 30.3 Å². The first-order chi connectivity index (χ1) is 17.0. The molecule has 0 spiro atoms. The fourth-order valence-electron chi connectivity index (χ4n) is 4.02. The lowest BCUT2D eigenvalue weighted by atomic mass is 10.1. The number of anilines is 1. The Kier molecular flexibility index (Phi) is 6.01. The van der Waals surface area contributed by atoms with Crippen LogP contribution in [0.3, 0.4) is 0 Å². The van der Waals surface area contributed by atoms with Crippen LogP contribution in [0.4, 0.5) is 10.1 Å². The van der Waals surface area contributed by atoms with Crippen molar-refractivity contribution in [2.45, 2.75) is 19.6 Å². The van der Waals surface area contributed by atoms with Crippen LogP contribution in [0.1, 0.15) is 12.5 Å². The predicted molar refractivity (Wildman–Crippen MR) is 130 cm³/mol. The van der Waals surface area contributed by atoms with Crippen LogP contribution < -0.4 is 15.0 Å². The third-order valence-corrected chi connectivity index (χ3v) is 5.78. The number of fused-ring (bicyclic) bond motifs is 1. The summed E-state index contributed by atoms with van der Waals surface area (Å²) in [6.07, 6.45) is 1.16. The number of hydrogen-bond donors (Lipinski definition) is 1. The lowest BCUT2D eigenvalue weighted by Gasteiger charge is -2.32. The molecule has 1 atom stereocenters. The van der Waals surface area contributed by atoms with Crippen molar-refractivity contribution in [3.8, 4) is 22.7 Å². The highest BCUT2D eigenvalue weighted by Crippen LogP contribution is 2.33. The summed E-state index contributed by atoms with van der Waals surface area (Å²) in [5, 5.41) is 7.59. The van der Waals surface area contributed by atoms with Crippen molar-refractivity contribution >= 4 is 17.5 Å². The Morgan fingerprint density at radius 1 is 1.03 bits per heavy atom. The topological polar surface area (TPSA) is 76.5 Å². The maximum atomic E-state index is 13.5. The minimum Gasteiger partial charge on any atom is -0.479 e. The highest BCUT2D eigenvalue weighted by Gasteiger charge is 2.32. The average molecular weight is 471 g/mol. The van der Waals surface area contributed by atoms with Crippen LogP contribution in [0.5, 0.6) is 5.75 Å². The van der Waals surface area contributed by atoms with Gasteiger partial charge < -0.3 is 10.1 Å². The maximum Gasteiger partial charge on any atom is 0.268 e. The molecule has 2 amide bonds. The predicted octanol–water partition coefficient (Wildman–Crippen LogP) is 4.11. The monoisotopic (exact) mass is 470 g/mol. The van der Waals surface area contributed by atoms with E-state index in [0.29, 0.717) is 17.1 Å². The zero-order valence-corrected chi connectivity index (χ0v) is 19.0. The average Bonchev–Trinajstić information content (AvgIpc) is 3.31. The van der Waals surface area contributed by atoms with Crippen LogP contribution in [0.25, 0.3) is 16.9 Å². The molecule has 0 saturated carbocycles. The van der Waals surface area contributed by atoms with Gasteiger partial charge in [-0.15, -0.1) is 0 Å². The number of carbonyl (C=O) groups excluding carboxylic acids is 2. The van der Waals surface area contributed by atoms with Crippen LogP contribution >= 0.6 is 0 Å². The minimum absolute atomic E-state index is 0.137. The summed E-state index contributed by atoms with van der Waals surface area (Å²) in [4.78, 5) is 27.0. The fourth-order valence-corrected chi connectivity index (χ4v) is 4.02. The smallest absolute Gasteiger partial charge is 0.268 e. The Labute approximate surface area is 201 Å². The van der Waals surface area contributed by atoms with Crippen LogP contribution in [-0.4, -0.2) is 34.2 Å². The molecule has 1 aliphatic rings. The molecule has 1 unspecified atom stereocenters. The van der Waals surface area contributed by atoms with Gasteiger partial charge in [0.15, 0.2) is 6.10 Å². The number of aromatic nitrogens is 2. The number of para-hydroxylation sites is 3. The third kappa shape index (κ3) is 4.63. The van der Waals surface area contributed by atoms with E-state index in [1.165, 1.54) is 17.0 Å². The second-order valence-corrected chi connectivity index (χ2v) is 8.22. The van der Waals surface area contributed by atoms with E-state index in [4.69, 9.17) is 4.74 Å². The highest BCUT2D eigenvalue weighted by molar-refractivity contribution is 6.03. The number of amides is 2. The van der Waals surface area contributed by atoms with Gasteiger partial charge in [0.25, 0.3) is 5.91 Å². The molecule has 0 fully saturated rings. The number of nitrogens with one attached hydrogen (secondary N) is 1. The lowest BCUT2D eigenvalue weighted by molar-refractivity contribution is -0.128. The Hall–Kier alpha value is -4.46. The number of benzene rings is 3. The minimum atomic E-state index is -0.674. The Morgan fingerprint density at radius 2 is 1.74 bits per heavy atom. The summed E-state index contributed by atoms with van der Waals surface area (Å²) in [6, 6.07) is 22.8. The summed E-state index contributed by atoms with van der Waals surface area (Å²) in [6.45, 7) is 1.71. The van der Waals surface area contributed by atoms with Crippen LogP contribution in [0.15, 0.2) is 85.1 Å². The van der Waals surface area contributed by atoms with Crippen molar-refractivity contribution in [3.63, 3.8) is 0 Å². The number of halogens is 1. The molecule has 4 aromatic rings. The first kappa shape index (κ1) is 22.3. The molecule has 0 aliphatic carbocycles. The number of nitrogens with zero attached hydrogens (tertiary/aromatic N) is 3. The SMILES string of the molecule is CC1Oc2ccccc2N(CC(=O)NCc2cn(-c3ccccc3)nc2-c2ccc(F)cc2)C1=O. The van der Waals surface area contributed by atoms with Crippen LogP contribution in [0, 0.1) is 5.82 Å². The summed E-state index contributed by atoms with van der Waals surface area (Å²) < 4.78 is 20.9. The third-order valence-electron chi connectivity index (χ3n) is 5.78. The van der Waals surface area contributed by atoms with Gasteiger partial charge in [-0.3, -0.25) is 14.5 Å². The van der Waals surface area contributed by atoms with E-state index < -0.39 is 6.10 Å². The van der Waals surface area contributed by atoms with Crippen molar-refractivity contribution in [2.75, 3.05) is 11.4 Å². The van der Waals surface area contributed by atoms with Crippen LogP contribution in [0.2, 0.25) is 0 Å². The number of ether oxygens (including phenoxy) is 1. The van der Waals surface area contributed by atoms with Gasteiger partial charge in [0.1, 0.15) is 18.1 Å². The summed E-state index contributed by atoms with van der Waals surface area (Å²) in [7, 11) is 0. The molecule has 7 nitrogen and oxygen atoms in total. The molecule has 1 aromatic heterocycles.